The largest absolute Gasteiger partial charge is 0.478 e. The third kappa shape index (κ3) is 3.71. The third-order valence-electron chi connectivity index (χ3n) is 4.70. The lowest BCUT2D eigenvalue weighted by Gasteiger charge is -2.11. The summed E-state index contributed by atoms with van der Waals surface area (Å²) in [5, 5.41) is 25.7. The number of rotatable bonds is 5. The fourth-order valence-electron chi connectivity index (χ4n) is 3.16. The van der Waals surface area contributed by atoms with Gasteiger partial charge in [0.05, 0.1) is 33.0 Å². The number of benzene rings is 2. The van der Waals surface area contributed by atoms with Gasteiger partial charge in [0.25, 0.3) is 11.6 Å². The number of nitro groups is 1. The molecular formula is C22H15N3O6. The smallest absolute Gasteiger partial charge is 0.335 e. The lowest BCUT2D eigenvalue weighted by atomic mass is 10.1. The highest BCUT2D eigenvalue weighted by molar-refractivity contribution is 6.32. The van der Waals surface area contributed by atoms with Crippen molar-refractivity contribution >= 4 is 35.0 Å². The molecule has 2 heterocycles. The Hall–Kier alpha value is -4.53. The number of furan rings is 1. The molecule has 1 N–H and O–H groups in total. The van der Waals surface area contributed by atoms with Gasteiger partial charge in [0.15, 0.2) is 0 Å². The highest BCUT2D eigenvalue weighted by Gasteiger charge is 2.29. The van der Waals surface area contributed by atoms with Crippen molar-refractivity contribution in [3.05, 3.63) is 87.7 Å². The molecule has 0 bridgehead atoms. The maximum absolute atomic E-state index is 12.9. The van der Waals surface area contributed by atoms with Crippen molar-refractivity contribution in [1.29, 1.82) is 0 Å². The molecule has 4 rings (SSSR count). The summed E-state index contributed by atoms with van der Waals surface area (Å²) in [6.45, 7) is 1.67. The van der Waals surface area contributed by atoms with E-state index < -0.39 is 16.8 Å². The summed E-state index contributed by atoms with van der Waals surface area (Å²) in [6.07, 6.45) is 1.52. The van der Waals surface area contributed by atoms with Crippen LogP contribution in [-0.2, 0) is 4.79 Å². The molecule has 9 heteroatoms. The second kappa shape index (κ2) is 7.71. The van der Waals surface area contributed by atoms with Crippen LogP contribution in [0.25, 0.3) is 17.4 Å². The molecule has 0 aliphatic carbocycles. The standard InChI is InChI=1S/C22H15N3O6/c1-13-18(21(26)24(23-13)15-8-6-14(7-9-15)22(27)28)12-16-10-11-20(31-16)17-4-2-3-5-19(17)25(29)30/h2-12H,1H3,(H,27,28). The minimum Gasteiger partial charge on any atom is -0.478 e. The van der Waals surface area contributed by atoms with E-state index in [1.807, 2.05) is 0 Å². The van der Waals surface area contributed by atoms with Crippen LogP contribution >= 0.6 is 0 Å². The van der Waals surface area contributed by atoms with Gasteiger partial charge in [0, 0.05) is 6.07 Å². The van der Waals surface area contributed by atoms with E-state index in [-0.39, 0.29) is 11.3 Å². The number of anilines is 1. The maximum Gasteiger partial charge on any atom is 0.335 e. The Balaban J connectivity index is 1.62. The Morgan fingerprint density at radius 3 is 2.52 bits per heavy atom. The van der Waals surface area contributed by atoms with E-state index in [0.717, 1.165) is 0 Å². The lowest BCUT2D eigenvalue weighted by molar-refractivity contribution is -0.384. The molecule has 0 saturated heterocycles. The van der Waals surface area contributed by atoms with Gasteiger partial charge in [-0.3, -0.25) is 14.9 Å². The number of hydrogen-bond acceptors (Lipinski definition) is 6. The molecule has 0 atom stereocenters. The highest BCUT2D eigenvalue weighted by Crippen LogP contribution is 2.32. The van der Waals surface area contributed by atoms with Crippen molar-refractivity contribution in [3.63, 3.8) is 0 Å². The second-order valence-corrected chi connectivity index (χ2v) is 6.69. The molecule has 1 amide bonds. The molecule has 1 aromatic heterocycles. The van der Waals surface area contributed by atoms with Gasteiger partial charge in [0.1, 0.15) is 11.5 Å². The topological polar surface area (TPSA) is 126 Å². The summed E-state index contributed by atoms with van der Waals surface area (Å²) in [5.41, 5.74) is 1.53. The molecule has 3 aromatic rings. The Kier molecular flexibility index (Phi) is 4.92. The fraction of sp³-hybridized carbons (Fsp3) is 0.0455. The summed E-state index contributed by atoms with van der Waals surface area (Å²) in [7, 11) is 0. The van der Waals surface area contributed by atoms with E-state index >= 15 is 0 Å². The molecule has 31 heavy (non-hydrogen) atoms. The molecule has 0 unspecified atom stereocenters. The number of carboxylic acid groups (broad SMARTS) is 1. The molecule has 154 valence electrons. The predicted molar refractivity (Wildman–Crippen MR) is 113 cm³/mol. The van der Waals surface area contributed by atoms with Gasteiger partial charge in [0.2, 0.25) is 0 Å². The summed E-state index contributed by atoms with van der Waals surface area (Å²) in [6, 6.07) is 15.2. The number of nitro benzene ring substituents is 1. The van der Waals surface area contributed by atoms with Crippen molar-refractivity contribution in [2.45, 2.75) is 6.92 Å². The number of carboxylic acids is 1. The molecular weight excluding hydrogens is 402 g/mol. The first kappa shape index (κ1) is 19.8. The average molecular weight is 417 g/mol. The summed E-state index contributed by atoms with van der Waals surface area (Å²) < 4.78 is 5.73. The lowest BCUT2D eigenvalue weighted by Crippen LogP contribution is -2.21. The number of hydrazone groups is 1. The van der Waals surface area contributed by atoms with Gasteiger partial charge in [-0.15, -0.1) is 0 Å². The first-order valence-corrected chi connectivity index (χ1v) is 9.14. The fourth-order valence-corrected chi connectivity index (χ4v) is 3.16. The van der Waals surface area contributed by atoms with Gasteiger partial charge in [-0.1, -0.05) is 12.1 Å². The molecule has 9 nitrogen and oxygen atoms in total. The monoisotopic (exact) mass is 417 g/mol. The molecule has 1 aliphatic rings. The zero-order chi connectivity index (χ0) is 22.1. The minimum atomic E-state index is -1.06. The molecule has 0 spiro atoms. The van der Waals surface area contributed by atoms with Crippen LogP contribution in [0.5, 0.6) is 0 Å². The maximum atomic E-state index is 12.9. The summed E-state index contributed by atoms with van der Waals surface area (Å²) in [4.78, 5) is 34.6. The molecule has 0 fully saturated rings. The van der Waals surface area contributed by atoms with Gasteiger partial charge in [-0.25, -0.2) is 4.79 Å². The summed E-state index contributed by atoms with van der Waals surface area (Å²) >= 11 is 0. The van der Waals surface area contributed by atoms with Crippen LogP contribution in [0.4, 0.5) is 11.4 Å². The Labute approximate surface area is 175 Å². The van der Waals surface area contributed by atoms with E-state index in [9.17, 15) is 19.7 Å². The second-order valence-electron chi connectivity index (χ2n) is 6.69. The number of carbonyl (C=O) groups excluding carboxylic acids is 1. The average Bonchev–Trinajstić information content (AvgIpc) is 3.34. The van der Waals surface area contributed by atoms with Crippen molar-refractivity contribution in [2.24, 2.45) is 5.10 Å². The zero-order valence-corrected chi connectivity index (χ0v) is 16.2. The number of carbonyl (C=O) groups is 2. The minimum absolute atomic E-state index is 0.0817. The number of amides is 1. The van der Waals surface area contributed by atoms with Gasteiger partial charge in [-0.2, -0.15) is 10.1 Å². The normalized spacial score (nSPS) is 14.7. The first-order chi connectivity index (χ1) is 14.8. The van der Waals surface area contributed by atoms with Crippen molar-refractivity contribution in [3.8, 4) is 11.3 Å². The molecule has 2 aromatic carbocycles. The van der Waals surface area contributed by atoms with Crippen LogP contribution in [0.15, 0.2) is 75.8 Å². The van der Waals surface area contributed by atoms with Crippen molar-refractivity contribution in [2.75, 3.05) is 5.01 Å². The Morgan fingerprint density at radius 2 is 1.84 bits per heavy atom. The van der Waals surface area contributed by atoms with Crippen LogP contribution in [0.2, 0.25) is 0 Å². The number of nitrogens with zero attached hydrogens (tertiary/aromatic N) is 3. The van der Waals surface area contributed by atoms with E-state index in [2.05, 4.69) is 5.10 Å². The van der Waals surface area contributed by atoms with Crippen LogP contribution in [0.1, 0.15) is 23.0 Å². The zero-order valence-electron chi connectivity index (χ0n) is 16.2. The predicted octanol–water partition coefficient (Wildman–Crippen LogP) is 4.36. The van der Waals surface area contributed by atoms with E-state index in [1.54, 1.807) is 37.3 Å². The van der Waals surface area contributed by atoms with Crippen LogP contribution in [-0.4, -0.2) is 27.6 Å². The van der Waals surface area contributed by atoms with Crippen LogP contribution in [0.3, 0.4) is 0 Å². The molecule has 0 saturated carbocycles. The molecule has 1 aliphatic heterocycles. The Morgan fingerprint density at radius 1 is 1.13 bits per heavy atom. The highest BCUT2D eigenvalue weighted by atomic mass is 16.6. The van der Waals surface area contributed by atoms with Gasteiger partial charge in [-0.05, 0) is 55.5 Å². The van der Waals surface area contributed by atoms with Crippen molar-refractivity contribution in [1.82, 2.24) is 0 Å². The first-order valence-electron chi connectivity index (χ1n) is 9.14. The number of hydrogen-bond donors (Lipinski definition) is 1. The number of aromatic carboxylic acids is 1. The van der Waals surface area contributed by atoms with Gasteiger partial charge < -0.3 is 9.52 Å². The van der Waals surface area contributed by atoms with Crippen LogP contribution in [0, 0.1) is 10.1 Å². The number of para-hydroxylation sites is 1. The van der Waals surface area contributed by atoms with Crippen molar-refractivity contribution < 1.29 is 24.0 Å². The van der Waals surface area contributed by atoms with E-state index in [4.69, 9.17) is 9.52 Å². The van der Waals surface area contributed by atoms with E-state index in [0.29, 0.717) is 34.1 Å². The SMILES string of the molecule is CC1=NN(c2ccc(C(=O)O)cc2)C(=O)C1=Cc1ccc(-c2ccccc2[N+](=O)[O-])o1. The van der Waals surface area contributed by atoms with Gasteiger partial charge >= 0.3 is 5.97 Å². The third-order valence-corrected chi connectivity index (χ3v) is 4.70. The summed E-state index contributed by atoms with van der Waals surface area (Å²) in [5.74, 6) is -0.814. The van der Waals surface area contributed by atoms with E-state index in [1.165, 1.54) is 41.4 Å². The quantitative estimate of drug-likeness (QED) is 0.373. The molecule has 0 radical (unpaired) electrons. The van der Waals surface area contributed by atoms with Crippen LogP contribution < -0.4 is 5.01 Å². The Bertz CT molecular complexity index is 1270.